The van der Waals surface area contributed by atoms with Crippen molar-refractivity contribution in [3.8, 4) is 0 Å². The van der Waals surface area contributed by atoms with E-state index < -0.39 is 4.92 Å². The molecule has 0 spiro atoms. The smallest absolute Gasteiger partial charge is 0.293 e. The van der Waals surface area contributed by atoms with Gasteiger partial charge in [-0.25, -0.2) is 0 Å². The number of rotatable bonds is 8. The Hall–Kier alpha value is -2.11. The Labute approximate surface area is 125 Å². The van der Waals surface area contributed by atoms with Gasteiger partial charge in [-0.2, -0.15) is 0 Å². The topological polar surface area (TPSA) is 75.5 Å². The zero-order chi connectivity index (χ0) is 15.8. The quantitative estimate of drug-likeness (QED) is 0.453. The fraction of sp³-hybridized carbons (Fsp3) is 0.533. The Morgan fingerprint density at radius 2 is 2.05 bits per heavy atom. The standard InChI is InChI=1S/C15H23N3O3/c1-4-6-7-11-17(3)15(19)12-9-8-10-13(18(20)21)14(12)16-5-2/h8-10,16H,4-7,11H2,1-3H3. The molecule has 0 aliphatic carbocycles. The van der Waals surface area contributed by atoms with Gasteiger partial charge in [0.15, 0.2) is 0 Å². The van der Waals surface area contributed by atoms with Gasteiger partial charge in [-0.15, -0.1) is 0 Å². The predicted molar refractivity (Wildman–Crippen MR) is 83.7 cm³/mol. The Balaban J connectivity index is 3.02. The molecule has 0 unspecified atom stereocenters. The highest BCUT2D eigenvalue weighted by atomic mass is 16.6. The van der Waals surface area contributed by atoms with Crippen LogP contribution in [0.15, 0.2) is 18.2 Å². The van der Waals surface area contributed by atoms with E-state index in [1.165, 1.54) is 6.07 Å². The molecular formula is C15H23N3O3. The fourth-order valence-corrected chi connectivity index (χ4v) is 2.14. The summed E-state index contributed by atoms with van der Waals surface area (Å²) in [5, 5.41) is 14.0. The van der Waals surface area contributed by atoms with Gasteiger partial charge in [-0.1, -0.05) is 25.8 Å². The number of nitro benzene ring substituents is 1. The van der Waals surface area contributed by atoms with Crippen molar-refractivity contribution in [3.63, 3.8) is 0 Å². The lowest BCUT2D eigenvalue weighted by Gasteiger charge is -2.19. The molecule has 0 radical (unpaired) electrons. The van der Waals surface area contributed by atoms with Crippen molar-refractivity contribution < 1.29 is 9.72 Å². The van der Waals surface area contributed by atoms with Crippen LogP contribution in [0, 0.1) is 10.1 Å². The van der Waals surface area contributed by atoms with E-state index in [2.05, 4.69) is 12.2 Å². The van der Waals surface area contributed by atoms with Crippen LogP contribution in [-0.4, -0.2) is 35.9 Å². The molecule has 1 amide bonds. The zero-order valence-electron chi connectivity index (χ0n) is 12.9. The van der Waals surface area contributed by atoms with Crippen LogP contribution in [0.1, 0.15) is 43.5 Å². The van der Waals surface area contributed by atoms with Crippen molar-refractivity contribution in [2.24, 2.45) is 0 Å². The van der Waals surface area contributed by atoms with Crippen LogP contribution in [0.5, 0.6) is 0 Å². The lowest BCUT2D eigenvalue weighted by atomic mass is 10.1. The number of carbonyl (C=O) groups is 1. The number of benzene rings is 1. The maximum atomic E-state index is 12.5. The van der Waals surface area contributed by atoms with Gasteiger partial charge in [0.1, 0.15) is 5.69 Å². The van der Waals surface area contributed by atoms with E-state index in [-0.39, 0.29) is 11.6 Å². The Bertz CT molecular complexity index is 503. The van der Waals surface area contributed by atoms with Crippen molar-refractivity contribution in [1.29, 1.82) is 0 Å². The van der Waals surface area contributed by atoms with Crippen LogP contribution < -0.4 is 5.32 Å². The van der Waals surface area contributed by atoms with Crippen LogP contribution >= 0.6 is 0 Å². The second kappa shape index (κ2) is 8.24. The molecule has 0 aliphatic rings. The Morgan fingerprint density at radius 3 is 2.62 bits per heavy atom. The minimum absolute atomic E-state index is 0.0651. The van der Waals surface area contributed by atoms with Gasteiger partial charge in [-0.3, -0.25) is 14.9 Å². The monoisotopic (exact) mass is 293 g/mol. The van der Waals surface area contributed by atoms with E-state index in [0.717, 1.165) is 19.3 Å². The molecule has 116 valence electrons. The average Bonchev–Trinajstić information content (AvgIpc) is 2.47. The highest BCUT2D eigenvalue weighted by Crippen LogP contribution is 2.29. The number of nitro groups is 1. The molecule has 0 saturated carbocycles. The number of nitrogens with zero attached hydrogens (tertiary/aromatic N) is 2. The molecule has 0 aromatic heterocycles. The summed E-state index contributed by atoms with van der Waals surface area (Å²) in [5.74, 6) is -0.189. The third kappa shape index (κ3) is 4.44. The molecule has 6 heteroatoms. The second-order valence-electron chi connectivity index (χ2n) is 4.92. The van der Waals surface area contributed by atoms with Crippen molar-refractivity contribution in [2.75, 3.05) is 25.5 Å². The first kappa shape index (κ1) is 16.9. The van der Waals surface area contributed by atoms with Crippen molar-refractivity contribution in [1.82, 2.24) is 4.90 Å². The van der Waals surface area contributed by atoms with Crippen LogP contribution in [0.2, 0.25) is 0 Å². The van der Waals surface area contributed by atoms with E-state index in [9.17, 15) is 14.9 Å². The van der Waals surface area contributed by atoms with Gasteiger partial charge in [-0.05, 0) is 19.4 Å². The Morgan fingerprint density at radius 1 is 1.33 bits per heavy atom. The fourth-order valence-electron chi connectivity index (χ4n) is 2.14. The summed E-state index contributed by atoms with van der Waals surface area (Å²) in [6.45, 7) is 5.12. The molecule has 0 bridgehead atoms. The first-order chi connectivity index (χ1) is 10.0. The number of anilines is 1. The first-order valence-electron chi connectivity index (χ1n) is 7.29. The van der Waals surface area contributed by atoms with Crippen molar-refractivity contribution in [3.05, 3.63) is 33.9 Å². The second-order valence-corrected chi connectivity index (χ2v) is 4.92. The number of amides is 1. The number of carbonyl (C=O) groups excluding carboxylic acids is 1. The summed E-state index contributed by atoms with van der Waals surface area (Å²) in [7, 11) is 1.73. The predicted octanol–water partition coefficient (Wildman–Crippen LogP) is 3.29. The number of hydrogen-bond acceptors (Lipinski definition) is 4. The van der Waals surface area contributed by atoms with Crippen LogP contribution in [0.3, 0.4) is 0 Å². The molecule has 0 atom stereocenters. The molecule has 1 rings (SSSR count). The molecule has 1 aromatic carbocycles. The molecule has 0 saturated heterocycles. The summed E-state index contributed by atoms with van der Waals surface area (Å²) < 4.78 is 0. The number of nitrogens with one attached hydrogen (secondary N) is 1. The number of unbranched alkanes of at least 4 members (excludes halogenated alkanes) is 2. The molecule has 6 nitrogen and oxygen atoms in total. The molecule has 0 fully saturated rings. The summed E-state index contributed by atoms with van der Waals surface area (Å²) in [6, 6.07) is 4.58. The minimum atomic E-state index is -0.466. The summed E-state index contributed by atoms with van der Waals surface area (Å²) >= 11 is 0. The van der Waals surface area contributed by atoms with Gasteiger partial charge in [0, 0.05) is 26.2 Å². The van der Waals surface area contributed by atoms with Gasteiger partial charge in [0.05, 0.1) is 10.5 Å². The molecule has 1 aromatic rings. The van der Waals surface area contributed by atoms with Crippen LogP contribution in [0.4, 0.5) is 11.4 Å². The largest absolute Gasteiger partial charge is 0.379 e. The minimum Gasteiger partial charge on any atom is -0.379 e. The van der Waals surface area contributed by atoms with Crippen LogP contribution in [0.25, 0.3) is 0 Å². The van der Waals surface area contributed by atoms with Gasteiger partial charge in [0.2, 0.25) is 0 Å². The van der Waals surface area contributed by atoms with Crippen LogP contribution in [-0.2, 0) is 0 Å². The third-order valence-electron chi connectivity index (χ3n) is 3.27. The maximum absolute atomic E-state index is 12.5. The molecule has 0 aliphatic heterocycles. The van der Waals surface area contributed by atoms with E-state index >= 15 is 0 Å². The van der Waals surface area contributed by atoms with E-state index in [4.69, 9.17) is 0 Å². The summed E-state index contributed by atoms with van der Waals surface area (Å²) in [5.41, 5.74) is 0.590. The normalized spacial score (nSPS) is 10.2. The number of hydrogen-bond donors (Lipinski definition) is 1. The zero-order valence-corrected chi connectivity index (χ0v) is 12.9. The highest BCUT2D eigenvalue weighted by molar-refractivity contribution is 6.01. The lowest BCUT2D eigenvalue weighted by Crippen LogP contribution is -2.28. The highest BCUT2D eigenvalue weighted by Gasteiger charge is 2.22. The Kier molecular flexibility index (Phi) is 6.65. The van der Waals surface area contributed by atoms with E-state index in [1.807, 2.05) is 6.92 Å². The molecular weight excluding hydrogens is 270 g/mol. The van der Waals surface area contributed by atoms with Gasteiger partial charge >= 0.3 is 0 Å². The van der Waals surface area contributed by atoms with Crippen molar-refractivity contribution in [2.45, 2.75) is 33.1 Å². The van der Waals surface area contributed by atoms with Gasteiger partial charge in [0.25, 0.3) is 11.6 Å². The summed E-state index contributed by atoms with van der Waals surface area (Å²) in [6.07, 6.45) is 3.08. The summed E-state index contributed by atoms with van der Waals surface area (Å²) in [4.78, 5) is 24.7. The molecule has 1 N–H and O–H groups in total. The van der Waals surface area contributed by atoms with E-state index in [1.54, 1.807) is 24.1 Å². The first-order valence-corrected chi connectivity index (χ1v) is 7.29. The average molecular weight is 293 g/mol. The SMILES string of the molecule is CCCCCN(C)C(=O)c1cccc([N+](=O)[O-])c1NCC. The van der Waals surface area contributed by atoms with Gasteiger partial charge < -0.3 is 10.2 Å². The molecule has 21 heavy (non-hydrogen) atoms. The maximum Gasteiger partial charge on any atom is 0.293 e. The molecule has 0 heterocycles. The number of para-hydroxylation sites is 1. The van der Waals surface area contributed by atoms with E-state index in [0.29, 0.717) is 24.3 Å². The van der Waals surface area contributed by atoms with Crippen molar-refractivity contribution >= 4 is 17.3 Å². The third-order valence-corrected chi connectivity index (χ3v) is 3.27. The lowest BCUT2D eigenvalue weighted by molar-refractivity contribution is -0.384.